The SMILES string of the molecule is CN(CCNC(=O)CN1C(=O)/C(=C\c2cccc(Br)c2)Sc2ccccc21)Cc1ccccc1. The number of para-hydroxylation sites is 1. The average molecular weight is 536 g/mol. The van der Waals surface area contributed by atoms with Gasteiger partial charge in [0, 0.05) is 29.0 Å². The van der Waals surface area contributed by atoms with E-state index in [-0.39, 0.29) is 18.4 Å². The number of rotatable bonds is 8. The molecule has 2 amide bonds. The number of fused-ring (bicyclic) bond motifs is 1. The van der Waals surface area contributed by atoms with Crippen molar-refractivity contribution in [1.29, 1.82) is 0 Å². The largest absolute Gasteiger partial charge is 0.353 e. The molecule has 3 aromatic rings. The van der Waals surface area contributed by atoms with Gasteiger partial charge in [0.25, 0.3) is 5.91 Å². The Morgan fingerprint density at radius 2 is 1.82 bits per heavy atom. The maximum absolute atomic E-state index is 13.3. The summed E-state index contributed by atoms with van der Waals surface area (Å²) in [4.78, 5) is 31.4. The van der Waals surface area contributed by atoms with E-state index in [0.717, 1.165) is 33.7 Å². The second-order valence-corrected chi connectivity index (χ2v) is 10.1. The fourth-order valence-electron chi connectivity index (χ4n) is 3.73. The molecule has 7 heteroatoms. The summed E-state index contributed by atoms with van der Waals surface area (Å²) < 4.78 is 0.948. The van der Waals surface area contributed by atoms with Gasteiger partial charge in [0.05, 0.1) is 10.6 Å². The van der Waals surface area contributed by atoms with E-state index in [2.05, 4.69) is 38.3 Å². The lowest BCUT2D eigenvalue weighted by molar-refractivity contribution is -0.122. The van der Waals surface area contributed by atoms with Crippen LogP contribution in [0.2, 0.25) is 0 Å². The highest BCUT2D eigenvalue weighted by molar-refractivity contribution is 9.10. The van der Waals surface area contributed by atoms with Crippen LogP contribution in [0.15, 0.2) is 93.1 Å². The second-order valence-electron chi connectivity index (χ2n) is 8.10. The van der Waals surface area contributed by atoms with Gasteiger partial charge in [-0.15, -0.1) is 0 Å². The summed E-state index contributed by atoms with van der Waals surface area (Å²) in [5.74, 6) is -0.343. The number of hydrogen-bond donors (Lipinski definition) is 1. The lowest BCUT2D eigenvalue weighted by Crippen LogP contribution is -2.44. The average Bonchev–Trinajstić information content (AvgIpc) is 2.82. The molecule has 1 aliphatic heterocycles. The first-order chi connectivity index (χ1) is 16.5. The van der Waals surface area contributed by atoms with Gasteiger partial charge in [0.2, 0.25) is 5.91 Å². The van der Waals surface area contributed by atoms with Crippen molar-refractivity contribution in [3.05, 3.63) is 99.4 Å². The molecule has 0 radical (unpaired) electrons. The lowest BCUT2D eigenvalue weighted by Gasteiger charge is -2.30. The van der Waals surface area contributed by atoms with Gasteiger partial charge in [-0.3, -0.25) is 14.5 Å². The van der Waals surface area contributed by atoms with Gasteiger partial charge >= 0.3 is 0 Å². The predicted molar refractivity (Wildman–Crippen MR) is 143 cm³/mol. The number of nitrogens with one attached hydrogen (secondary N) is 1. The molecule has 0 unspecified atom stereocenters. The number of benzene rings is 3. The van der Waals surface area contributed by atoms with Crippen LogP contribution < -0.4 is 10.2 Å². The molecule has 0 saturated heterocycles. The highest BCUT2D eigenvalue weighted by Gasteiger charge is 2.30. The molecule has 1 N–H and O–H groups in total. The number of carbonyl (C=O) groups is 2. The van der Waals surface area contributed by atoms with Gasteiger partial charge in [-0.25, -0.2) is 0 Å². The Bertz CT molecular complexity index is 1200. The molecule has 0 spiro atoms. The van der Waals surface area contributed by atoms with Gasteiger partial charge in [0.1, 0.15) is 6.54 Å². The predicted octanol–water partition coefficient (Wildman–Crippen LogP) is 5.18. The first-order valence-corrected chi connectivity index (χ1v) is 12.7. The van der Waals surface area contributed by atoms with Crippen LogP contribution in [0.1, 0.15) is 11.1 Å². The monoisotopic (exact) mass is 535 g/mol. The minimum atomic E-state index is -0.176. The van der Waals surface area contributed by atoms with Crippen LogP contribution in [0.5, 0.6) is 0 Å². The molecule has 1 aliphatic rings. The van der Waals surface area contributed by atoms with Gasteiger partial charge in [-0.1, -0.05) is 82.3 Å². The minimum absolute atomic E-state index is 0.0192. The molecule has 0 bridgehead atoms. The molecule has 5 nitrogen and oxygen atoms in total. The van der Waals surface area contributed by atoms with Gasteiger partial charge in [-0.05, 0) is 48.5 Å². The summed E-state index contributed by atoms with van der Waals surface area (Å²) in [6, 6.07) is 25.7. The molecule has 174 valence electrons. The summed E-state index contributed by atoms with van der Waals surface area (Å²) in [6.07, 6.45) is 1.87. The summed E-state index contributed by atoms with van der Waals surface area (Å²) in [6.45, 7) is 2.03. The second kappa shape index (κ2) is 11.5. The molecule has 34 heavy (non-hydrogen) atoms. The third-order valence-corrected chi connectivity index (χ3v) is 6.96. The number of nitrogens with zero attached hydrogens (tertiary/aromatic N) is 2. The third-order valence-electron chi connectivity index (χ3n) is 5.39. The molecule has 0 saturated carbocycles. The van der Waals surface area contributed by atoms with Crippen molar-refractivity contribution in [2.24, 2.45) is 0 Å². The zero-order valence-corrected chi connectivity index (χ0v) is 21.3. The highest BCUT2D eigenvalue weighted by Crippen LogP contribution is 2.41. The normalized spacial score (nSPS) is 14.4. The molecule has 4 rings (SSSR count). The zero-order chi connectivity index (χ0) is 23.9. The van der Waals surface area contributed by atoms with Crippen LogP contribution in [0, 0.1) is 0 Å². The molecule has 0 fully saturated rings. The van der Waals surface area contributed by atoms with Gasteiger partial charge < -0.3 is 10.2 Å². The van der Waals surface area contributed by atoms with Crippen LogP contribution in [-0.4, -0.2) is 43.4 Å². The Hall–Kier alpha value is -2.87. The van der Waals surface area contributed by atoms with E-state index in [1.54, 1.807) is 4.90 Å². The number of hydrogen-bond acceptors (Lipinski definition) is 4. The molecule has 3 aromatic carbocycles. The quantitative estimate of drug-likeness (QED) is 0.404. The maximum Gasteiger partial charge on any atom is 0.265 e. The van der Waals surface area contributed by atoms with Crippen LogP contribution in [0.25, 0.3) is 6.08 Å². The Kier molecular flexibility index (Phi) is 8.21. The summed E-state index contributed by atoms with van der Waals surface area (Å²) in [5.41, 5.74) is 2.92. The first kappa shape index (κ1) is 24.3. The molecular weight excluding hydrogens is 510 g/mol. The number of anilines is 1. The van der Waals surface area contributed by atoms with E-state index >= 15 is 0 Å². The van der Waals surface area contributed by atoms with Crippen molar-refractivity contribution in [3.63, 3.8) is 0 Å². The smallest absolute Gasteiger partial charge is 0.265 e. The Labute approximate surface area is 213 Å². The molecular formula is C27H26BrN3O2S. The molecule has 1 heterocycles. The number of likely N-dealkylation sites (N-methyl/N-ethyl adjacent to an activating group) is 1. The van der Waals surface area contributed by atoms with Crippen molar-refractivity contribution in [3.8, 4) is 0 Å². The Morgan fingerprint density at radius 3 is 2.62 bits per heavy atom. The molecule has 0 atom stereocenters. The van der Waals surface area contributed by atoms with Crippen LogP contribution >= 0.6 is 27.7 Å². The Balaban J connectivity index is 1.40. The van der Waals surface area contributed by atoms with Crippen molar-refractivity contribution in [2.75, 3.05) is 31.6 Å². The topological polar surface area (TPSA) is 52.7 Å². The zero-order valence-electron chi connectivity index (χ0n) is 18.9. The lowest BCUT2D eigenvalue weighted by atomic mass is 10.2. The summed E-state index contributed by atoms with van der Waals surface area (Å²) in [7, 11) is 2.03. The van der Waals surface area contributed by atoms with E-state index in [9.17, 15) is 9.59 Å². The Morgan fingerprint density at radius 1 is 1.06 bits per heavy atom. The van der Waals surface area contributed by atoms with E-state index < -0.39 is 0 Å². The van der Waals surface area contributed by atoms with E-state index in [1.165, 1.54) is 17.3 Å². The number of amides is 2. The summed E-state index contributed by atoms with van der Waals surface area (Å²) in [5, 5.41) is 2.96. The molecule has 0 aromatic heterocycles. The molecule has 0 aliphatic carbocycles. The minimum Gasteiger partial charge on any atom is -0.353 e. The van der Waals surface area contributed by atoms with Crippen LogP contribution in [-0.2, 0) is 16.1 Å². The summed E-state index contributed by atoms with van der Waals surface area (Å²) >= 11 is 4.91. The van der Waals surface area contributed by atoms with E-state index in [0.29, 0.717) is 11.4 Å². The third kappa shape index (κ3) is 6.38. The van der Waals surface area contributed by atoms with Crippen molar-refractivity contribution < 1.29 is 9.59 Å². The van der Waals surface area contributed by atoms with Gasteiger partial charge in [0.15, 0.2) is 0 Å². The standard InChI is InChI=1S/C27H26BrN3O2S/c1-30(18-20-8-3-2-4-9-20)15-14-29-26(32)19-31-23-12-5-6-13-24(23)34-25(27(31)33)17-21-10-7-11-22(28)16-21/h2-13,16-17H,14-15,18-19H2,1H3,(H,29,32)/b25-17+. The van der Waals surface area contributed by atoms with Crippen LogP contribution in [0.3, 0.4) is 0 Å². The highest BCUT2D eigenvalue weighted by atomic mass is 79.9. The number of halogens is 1. The van der Waals surface area contributed by atoms with Crippen LogP contribution in [0.4, 0.5) is 5.69 Å². The van der Waals surface area contributed by atoms with Crippen molar-refractivity contribution >= 4 is 51.3 Å². The first-order valence-electron chi connectivity index (χ1n) is 11.0. The van der Waals surface area contributed by atoms with E-state index in [1.807, 2.05) is 79.9 Å². The number of carbonyl (C=O) groups excluding carboxylic acids is 2. The van der Waals surface area contributed by atoms with Crippen molar-refractivity contribution in [2.45, 2.75) is 11.4 Å². The number of thioether (sulfide) groups is 1. The van der Waals surface area contributed by atoms with Crippen molar-refractivity contribution in [1.82, 2.24) is 10.2 Å². The van der Waals surface area contributed by atoms with Gasteiger partial charge in [-0.2, -0.15) is 0 Å². The van der Waals surface area contributed by atoms with E-state index in [4.69, 9.17) is 0 Å². The fourth-order valence-corrected chi connectivity index (χ4v) is 5.20. The maximum atomic E-state index is 13.3. The fraction of sp³-hybridized carbons (Fsp3) is 0.185.